The fourth-order valence-electron chi connectivity index (χ4n) is 2.51. The summed E-state index contributed by atoms with van der Waals surface area (Å²) in [4.78, 5) is 8.49. The van der Waals surface area contributed by atoms with Gasteiger partial charge in [-0.05, 0) is 24.3 Å². The first-order chi connectivity index (χ1) is 11.8. The van der Waals surface area contributed by atoms with Gasteiger partial charge in [-0.2, -0.15) is 5.10 Å². The monoisotopic (exact) mass is 320 g/mol. The highest BCUT2D eigenvalue weighted by molar-refractivity contribution is 5.63. The van der Waals surface area contributed by atoms with Crippen molar-refractivity contribution in [3.8, 4) is 22.8 Å². The molecule has 0 saturated carbocycles. The van der Waals surface area contributed by atoms with Crippen molar-refractivity contribution in [3.05, 3.63) is 78.8 Å². The van der Waals surface area contributed by atoms with Gasteiger partial charge in [-0.1, -0.05) is 24.3 Å². The maximum absolute atomic E-state index is 14.0. The van der Waals surface area contributed by atoms with Gasteiger partial charge in [0.25, 0.3) is 0 Å². The molecule has 0 aliphatic carbocycles. The van der Waals surface area contributed by atoms with Crippen LogP contribution >= 0.6 is 0 Å². The number of nitrogens with zero attached hydrogens (tertiary/aromatic N) is 4. The molecule has 0 aliphatic rings. The van der Waals surface area contributed by atoms with E-state index in [0.29, 0.717) is 23.5 Å². The second-order valence-electron chi connectivity index (χ2n) is 5.25. The lowest BCUT2D eigenvalue weighted by atomic mass is 10.2. The zero-order chi connectivity index (χ0) is 16.4. The molecule has 0 fully saturated rings. The predicted molar refractivity (Wildman–Crippen MR) is 86.5 cm³/mol. The first-order valence-corrected chi connectivity index (χ1v) is 7.42. The average molecular weight is 320 g/mol. The topological polar surface area (TPSA) is 56.7 Å². The van der Waals surface area contributed by atoms with Crippen LogP contribution < -0.4 is 0 Å². The fourth-order valence-corrected chi connectivity index (χ4v) is 2.51. The van der Waals surface area contributed by atoms with Gasteiger partial charge in [0.1, 0.15) is 23.5 Å². The van der Waals surface area contributed by atoms with Crippen LogP contribution in [0.1, 0.15) is 5.56 Å². The zero-order valence-electron chi connectivity index (χ0n) is 12.6. The summed E-state index contributed by atoms with van der Waals surface area (Å²) >= 11 is 0. The van der Waals surface area contributed by atoms with Gasteiger partial charge in [0.2, 0.25) is 0 Å². The van der Waals surface area contributed by atoms with Crippen LogP contribution in [0.2, 0.25) is 0 Å². The highest BCUT2D eigenvalue weighted by Gasteiger charge is 2.15. The molecule has 0 bridgehead atoms. The molecule has 0 radical (unpaired) electrons. The summed E-state index contributed by atoms with van der Waals surface area (Å²) in [7, 11) is 0. The van der Waals surface area contributed by atoms with Crippen molar-refractivity contribution in [1.82, 2.24) is 19.7 Å². The Hall–Kier alpha value is -3.28. The molecular weight excluding hydrogens is 307 g/mol. The van der Waals surface area contributed by atoms with Gasteiger partial charge in [-0.15, -0.1) is 0 Å². The van der Waals surface area contributed by atoms with Crippen LogP contribution in [-0.2, 0) is 6.54 Å². The third kappa shape index (κ3) is 2.69. The predicted octanol–water partition coefficient (Wildman–Crippen LogP) is 3.79. The largest absolute Gasteiger partial charge is 0.451 e. The number of pyridine rings is 1. The van der Waals surface area contributed by atoms with Crippen LogP contribution in [0.15, 0.2) is 71.8 Å². The molecule has 4 rings (SSSR count). The highest BCUT2D eigenvalue weighted by atomic mass is 19.1. The van der Waals surface area contributed by atoms with Gasteiger partial charge in [-0.25, -0.2) is 9.37 Å². The molecule has 0 spiro atoms. The molecule has 0 N–H and O–H groups in total. The molecule has 0 unspecified atom stereocenters. The summed E-state index contributed by atoms with van der Waals surface area (Å²) in [5.41, 5.74) is 3.38. The Kier molecular flexibility index (Phi) is 3.63. The zero-order valence-corrected chi connectivity index (χ0v) is 12.6. The van der Waals surface area contributed by atoms with E-state index >= 15 is 0 Å². The quantitative estimate of drug-likeness (QED) is 0.574. The molecule has 5 nitrogen and oxygen atoms in total. The fraction of sp³-hybridized carbons (Fsp3) is 0.0556. The Bertz CT molecular complexity index is 948. The van der Waals surface area contributed by atoms with Gasteiger partial charge in [0, 0.05) is 11.8 Å². The Morgan fingerprint density at radius 3 is 2.58 bits per heavy atom. The number of rotatable bonds is 4. The molecule has 0 atom stereocenters. The second kappa shape index (κ2) is 6.08. The van der Waals surface area contributed by atoms with Gasteiger partial charge in [0.05, 0.1) is 17.9 Å². The number of benzene rings is 1. The van der Waals surface area contributed by atoms with E-state index in [1.165, 1.54) is 18.7 Å². The molecule has 0 aliphatic heterocycles. The lowest BCUT2D eigenvalue weighted by Gasteiger charge is -2.06. The van der Waals surface area contributed by atoms with E-state index in [-0.39, 0.29) is 5.82 Å². The Labute approximate surface area is 137 Å². The molecule has 6 heteroatoms. The minimum Gasteiger partial charge on any atom is -0.451 e. The number of hydrogen-bond acceptors (Lipinski definition) is 4. The van der Waals surface area contributed by atoms with Crippen LogP contribution in [0.4, 0.5) is 4.39 Å². The molecule has 3 heterocycles. The van der Waals surface area contributed by atoms with E-state index in [1.807, 2.05) is 24.3 Å². The third-order valence-electron chi connectivity index (χ3n) is 3.68. The number of aromatic nitrogens is 4. The van der Waals surface area contributed by atoms with Crippen molar-refractivity contribution in [2.45, 2.75) is 6.54 Å². The maximum Gasteiger partial charge on any atom is 0.181 e. The SMILES string of the molecule is Fc1ccccc1Cn1nc(-c2ccccn2)cc1-c1cocn1. The first-order valence-electron chi connectivity index (χ1n) is 7.42. The van der Waals surface area contributed by atoms with Crippen molar-refractivity contribution in [2.24, 2.45) is 0 Å². The Morgan fingerprint density at radius 1 is 0.958 bits per heavy atom. The van der Waals surface area contributed by atoms with Crippen LogP contribution in [-0.4, -0.2) is 19.7 Å². The molecule has 1 aromatic carbocycles. The van der Waals surface area contributed by atoms with E-state index in [9.17, 15) is 4.39 Å². The summed E-state index contributed by atoms with van der Waals surface area (Å²) in [6.45, 7) is 0.293. The summed E-state index contributed by atoms with van der Waals surface area (Å²) in [5, 5.41) is 4.58. The Morgan fingerprint density at radius 2 is 1.83 bits per heavy atom. The number of hydrogen-bond donors (Lipinski definition) is 0. The van der Waals surface area contributed by atoms with Crippen molar-refractivity contribution in [3.63, 3.8) is 0 Å². The first kappa shape index (κ1) is 14.3. The van der Waals surface area contributed by atoms with E-state index in [1.54, 1.807) is 29.1 Å². The van der Waals surface area contributed by atoms with Crippen LogP contribution in [0.3, 0.4) is 0 Å². The molecule has 4 aromatic rings. The standard InChI is InChI=1S/C18H13FN4O/c19-14-6-2-1-5-13(14)10-23-18(17-11-24-12-21-17)9-16(22-23)15-7-3-4-8-20-15/h1-9,11-12H,10H2. The van der Waals surface area contributed by atoms with E-state index in [2.05, 4.69) is 15.1 Å². The average Bonchev–Trinajstić information content (AvgIpc) is 3.27. The molecule has 3 aromatic heterocycles. The minimum atomic E-state index is -0.265. The molecule has 0 amide bonds. The third-order valence-corrected chi connectivity index (χ3v) is 3.68. The van der Waals surface area contributed by atoms with Gasteiger partial charge in [0.15, 0.2) is 6.39 Å². The molecule has 0 saturated heterocycles. The molecule has 118 valence electrons. The van der Waals surface area contributed by atoms with Crippen molar-refractivity contribution in [1.29, 1.82) is 0 Å². The van der Waals surface area contributed by atoms with Crippen LogP contribution in [0, 0.1) is 5.82 Å². The summed E-state index contributed by atoms with van der Waals surface area (Å²) in [6.07, 6.45) is 4.61. The van der Waals surface area contributed by atoms with E-state index in [0.717, 1.165) is 11.4 Å². The van der Waals surface area contributed by atoms with Gasteiger partial charge in [-0.3, -0.25) is 9.67 Å². The van der Waals surface area contributed by atoms with Crippen LogP contribution in [0.5, 0.6) is 0 Å². The number of oxazole rings is 1. The van der Waals surface area contributed by atoms with E-state index in [4.69, 9.17) is 4.42 Å². The maximum atomic E-state index is 14.0. The lowest BCUT2D eigenvalue weighted by molar-refractivity contribution is 0.557. The Balaban J connectivity index is 1.80. The van der Waals surface area contributed by atoms with E-state index < -0.39 is 0 Å². The smallest absolute Gasteiger partial charge is 0.181 e. The summed E-state index contributed by atoms with van der Waals surface area (Å²) in [5.74, 6) is -0.265. The van der Waals surface area contributed by atoms with Crippen molar-refractivity contribution >= 4 is 0 Å². The van der Waals surface area contributed by atoms with Crippen molar-refractivity contribution in [2.75, 3.05) is 0 Å². The van der Waals surface area contributed by atoms with Crippen molar-refractivity contribution < 1.29 is 8.81 Å². The molecular formula is C18H13FN4O. The van der Waals surface area contributed by atoms with Gasteiger partial charge >= 0.3 is 0 Å². The number of halogens is 1. The highest BCUT2D eigenvalue weighted by Crippen LogP contribution is 2.25. The second-order valence-corrected chi connectivity index (χ2v) is 5.25. The minimum absolute atomic E-state index is 0.265. The summed E-state index contributed by atoms with van der Waals surface area (Å²) in [6, 6.07) is 14.1. The molecule has 24 heavy (non-hydrogen) atoms. The summed E-state index contributed by atoms with van der Waals surface area (Å²) < 4.78 is 20.8. The van der Waals surface area contributed by atoms with Gasteiger partial charge < -0.3 is 4.42 Å². The van der Waals surface area contributed by atoms with Crippen LogP contribution in [0.25, 0.3) is 22.8 Å². The lowest BCUT2D eigenvalue weighted by Crippen LogP contribution is -2.05. The normalized spacial score (nSPS) is 10.9.